The number of methoxy groups -OCH3 is 3. The van der Waals surface area contributed by atoms with Crippen LogP contribution in [-0.2, 0) is 16.1 Å². The number of nitrogens with one attached hydrogen (secondary N) is 1. The van der Waals surface area contributed by atoms with Crippen LogP contribution in [-0.4, -0.2) is 39.7 Å². The summed E-state index contributed by atoms with van der Waals surface area (Å²) in [4.78, 5) is 26.7. The van der Waals surface area contributed by atoms with E-state index >= 15 is 0 Å². The minimum absolute atomic E-state index is 0.0873. The fourth-order valence-corrected chi connectivity index (χ4v) is 3.29. The standard InChI is InChI=1S/C21H24N2O5/c1-26-17-7-5-4-6-16(17)23-13-15(11-20(23)24)21(25)22-12-14-8-9-18(27-2)19(10-14)28-3/h4-10,15H,11-13H2,1-3H3,(H,22,25)/t15-/m0/s1. The third kappa shape index (κ3) is 4.03. The molecule has 0 radical (unpaired) electrons. The smallest absolute Gasteiger partial charge is 0.227 e. The van der Waals surface area contributed by atoms with Crippen LogP contribution in [0.1, 0.15) is 12.0 Å². The highest BCUT2D eigenvalue weighted by Gasteiger charge is 2.36. The summed E-state index contributed by atoms with van der Waals surface area (Å²) in [6, 6.07) is 12.8. The van der Waals surface area contributed by atoms with Gasteiger partial charge >= 0.3 is 0 Å². The molecule has 1 saturated heterocycles. The first-order valence-electron chi connectivity index (χ1n) is 8.99. The molecule has 2 amide bonds. The lowest BCUT2D eigenvalue weighted by atomic mass is 10.1. The predicted octanol–water partition coefficient (Wildman–Crippen LogP) is 2.38. The molecule has 7 heteroatoms. The molecule has 0 bridgehead atoms. The van der Waals surface area contributed by atoms with Crippen molar-refractivity contribution >= 4 is 17.5 Å². The maximum atomic E-state index is 12.6. The Balaban J connectivity index is 1.64. The van der Waals surface area contributed by atoms with Crippen molar-refractivity contribution in [1.29, 1.82) is 0 Å². The van der Waals surface area contributed by atoms with Gasteiger partial charge in [-0.05, 0) is 29.8 Å². The van der Waals surface area contributed by atoms with Crippen LogP contribution in [0.5, 0.6) is 17.2 Å². The van der Waals surface area contributed by atoms with Crippen molar-refractivity contribution in [3.05, 3.63) is 48.0 Å². The van der Waals surface area contributed by atoms with Crippen LogP contribution in [0.25, 0.3) is 0 Å². The van der Waals surface area contributed by atoms with Crippen molar-refractivity contribution in [2.75, 3.05) is 32.8 Å². The van der Waals surface area contributed by atoms with Crippen molar-refractivity contribution in [3.63, 3.8) is 0 Å². The van der Waals surface area contributed by atoms with Gasteiger partial charge in [0, 0.05) is 19.5 Å². The quantitative estimate of drug-likeness (QED) is 0.793. The normalized spacial score (nSPS) is 16.0. The molecule has 1 atom stereocenters. The van der Waals surface area contributed by atoms with Gasteiger partial charge in [-0.1, -0.05) is 18.2 Å². The Bertz CT molecular complexity index is 868. The second-order valence-electron chi connectivity index (χ2n) is 6.48. The summed E-state index contributed by atoms with van der Waals surface area (Å²) in [5.74, 6) is 1.20. The lowest BCUT2D eigenvalue weighted by Crippen LogP contribution is -2.32. The lowest BCUT2D eigenvalue weighted by Gasteiger charge is -2.19. The Kier molecular flexibility index (Phi) is 6.03. The zero-order valence-electron chi connectivity index (χ0n) is 16.2. The molecule has 1 N–H and O–H groups in total. The van der Waals surface area contributed by atoms with E-state index in [1.54, 1.807) is 38.4 Å². The highest BCUT2D eigenvalue weighted by Crippen LogP contribution is 2.33. The lowest BCUT2D eigenvalue weighted by molar-refractivity contribution is -0.126. The van der Waals surface area contributed by atoms with E-state index in [0.29, 0.717) is 36.0 Å². The maximum absolute atomic E-state index is 12.6. The summed E-state index contributed by atoms with van der Waals surface area (Å²) in [7, 11) is 4.70. The average Bonchev–Trinajstić information content (AvgIpc) is 3.13. The van der Waals surface area contributed by atoms with Gasteiger partial charge in [0.2, 0.25) is 11.8 Å². The third-order valence-corrected chi connectivity index (χ3v) is 4.79. The van der Waals surface area contributed by atoms with Gasteiger partial charge in [-0.15, -0.1) is 0 Å². The van der Waals surface area contributed by atoms with Crippen LogP contribution in [0, 0.1) is 5.92 Å². The molecule has 28 heavy (non-hydrogen) atoms. The number of rotatable bonds is 7. The molecule has 2 aromatic rings. The van der Waals surface area contributed by atoms with Gasteiger partial charge < -0.3 is 24.4 Å². The highest BCUT2D eigenvalue weighted by atomic mass is 16.5. The Labute approximate surface area is 164 Å². The van der Waals surface area contributed by atoms with Gasteiger partial charge in [0.05, 0.1) is 32.9 Å². The number of anilines is 1. The zero-order chi connectivity index (χ0) is 20.1. The van der Waals surface area contributed by atoms with Crippen LogP contribution < -0.4 is 24.4 Å². The van der Waals surface area contributed by atoms with Crippen molar-refractivity contribution in [2.24, 2.45) is 5.92 Å². The number of hydrogen-bond donors (Lipinski definition) is 1. The number of para-hydroxylation sites is 2. The first-order chi connectivity index (χ1) is 13.6. The Hall–Kier alpha value is -3.22. The number of ether oxygens (including phenoxy) is 3. The van der Waals surface area contributed by atoms with Gasteiger partial charge in [-0.3, -0.25) is 9.59 Å². The van der Waals surface area contributed by atoms with E-state index in [1.807, 2.05) is 30.3 Å². The minimum atomic E-state index is -0.405. The number of benzene rings is 2. The minimum Gasteiger partial charge on any atom is -0.495 e. The summed E-state index contributed by atoms with van der Waals surface area (Å²) in [6.45, 7) is 0.676. The molecule has 1 fully saturated rings. The number of hydrogen-bond acceptors (Lipinski definition) is 5. The molecule has 0 aliphatic carbocycles. The molecule has 0 aromatic heterocycles. The molecule has 0 saturated carbocycles. The van der Waals surface area contributed by atoms with E-state index < -0.39 is 5.92 Å². The maximum Gasteiger partial charge on any atom is 0.227 e. The number of carbonyl (C=O) groups excluding carboxylic acids is 2. The number of carbonyl (C=O) groups is 2. The molecule has 1 aliphatic rings. The van der Waals surface area contributed by atoms with E-state index in [1.165, 1.54) is 0 Å². The summed E-state index contributed by atoms with van der Waals surface area (Å²) in [6.07, 6.45) is 0.176. The van der Waals surface area contributed by atoms with Gasteiger partial charge in [-0.25, -0.2) is 0 Å². The van der Waals surface area contributed by atoms with E-state index in [0.717, 1.165) is 5.56 Å². The van der Waals surface area contributed by atoms with Crippen LogP contribution in [0.2, 0.25) is 0 Å². The Morgan fingerprint density at radius 3 is 2.46 bits per heavy atom. The molecule has 7 nitrogen and oxygen atoms in total. The van der Waals surface area contributed by atoms with Crippen LogP contribution in [0.15, 0.2) is 42.5 Å². The van der Waals surface area contributed by atoms with Crippen LogP contribution in [0.3, 0.4) is 0 Å². The highest BCUT2D eigenvalue weighted by molar-refractivity contribution is 6.01. The Morgan fingerprint density at radius 1 is 1.04 bits per heavy atom. The molecule has 0 unspecified atom stereocenters. The Morgan fingerprint density at radius 2 is 1.75 bits per heavy atom. The molecule has 1 aliphatic heterocycles. The van der Waals surface area contributed by atoms with Crippen molar-refractivity contribution in [2.45, 2.75) is 13.0 Å². The summed E-state index contributed by atoms with van der Waals surface area (Å²) in [5.41, 5.74) is 1.57. The second-order valence-corrected chi connectivity index (χ2v) is 6.48. The second kappa shape index (κ2) is 8.65. The first-order valence-corrected chi connectivity index (χ1v) is 8.99. The fourth-order valence-electron chi connectivity index (χ4n) is 3.29. The molecule has 2 aromatic carbocycles. The molecule has 0 spiro atoms. The van der Waals surface area contributed by atoms with Crippen molar-refractivity contribution in [3.8, 4) is 17.2 Å². The fraction of sp³-hybridized carbons (Fsp3) is 0.333. The van der Waals surface area contributed by atoms with E-state index in [-0.39, 0.29) is 18.2 Å². The first kappa shape index (κ1) is 19.5. The van der Waals surface area contributed by atoms with Crippen LogP contribution in [0.4, 0.5) is 5.69 Å². The summed E-state index contributed by atoms with van der Waals surface area (Å²) >= 11 is 0. The SMILES string of the molecule is COc1ccc(CNC(=O)[C@H]2CC(=O)N(c3ccccc3OC)C2)cc1OC. The molecule has 3 rings (SSSR count). The van der Waals surface area contributed by atoms with Gasteiger partial charge in [-0.2, -0.15) is 0 Å². The van der Waals surface area contributed by atoms with Gasteiger partial charge in [0.25, 0.3) is 0 Å². The number of nitrogens with zero attached hydrogens (tertiary/aromatic N) is 1. The van der Waals surface area contributed by atoms with Crippen molar-refractivity contribution in [1.82, 2.24) is 5.32 Å². The van der Waals surface area contributed by atoms with E-state index in [4.69, 9.17) is 14.2 Å². The van der Waals surface area contributed by atoms with Gasteiger partial charge in [0.1, 0.15) is 5.75 Å². The average molecular weight is 384 g/mol. The van der Waals surface area contributed by atoms with Gasteiger partial charge in [0.15, 0.2) is 11.5 Å². The zero-order valence-corrected chi connectivity index (χ0v) is 16.2. The largest absolute Gasteiger partial charge is 0.495 e. The molecule has 1 heterocycles. The molecule has 148 valence electrons. The predicted molar refractivity (Wildman–Crippen MR) is 105 cm³/mol. The number of amides is 2. The molecular weight excluding hydrogens is 360 g/mol. The summed E-state index contributed by atoms with van der Waals surface area (Å²) in [5, 5.41) is 2.91. The monoisotopic (exact) mass is 384 g/mol. The van der Waals surface area contributed by atoms with Crippen LogP contribution >= 0.6 is 0 Å². The summed E-state index contributed by atoms with van der Waals surface area (Å²) < 4.78 is 15.8. The van der Waals surface area contributed by atoms with Crippen molar-refractivity contribution < 1.29 is 23.8 Å². The van der Waals surface area contributed by atoms with E-state index in [9.17, 15) is 9.59 Å². The molecular formula is C21H24N2O5. The van der Waals surface area contributed by atoms with E-state index in [2.05, 4.69) is 5.32 Å². The third-order valence-electron chi connectivity index (χ3n) is 4.79. The topological polar surface area (TPSA) is 77.1 Å².